The maximum atomic E-state index is 15.5. The van der Waals surface area contributed by atoms with E-state index in [9.17, 15) is 4.79 Å². The third kappa shape index (κ3) is 1.74. The standard InChI is InChI=1S/C17H13FO2/c1-20-14-9-7-13(8-10-14)17(18)15-5-3-2-4-12(15)6-11-16(17)19/h2-11H,1H3. The minimum absolute atomic E-state index is 0.320. The van der Waals surface area contributed by atoms with Gasteiger partial charge in [0.2, 0.25) is 11.5 Å². The highest BCUT2D eigenvalue weighted by Gasteiger charge is 2.43. The number of fused-ring (bicyclic) bond motifs is 1. The second-order valence-electron chi connectivity index (χ2n) is 4.67. The third-order valence-corrected chi connectivity index (χ3v) is 3.57. The first-order chi connectivity index (χ1) is 9.66. The fourth-order valence-electron chi connectivity index (χ4n) is 2.49. The van der Waals surface area contributed by atoms with Crippen LogP contribution in [0.5, 0.6) is 5.75 Å². The number of allylic oxidation sites excluding steroid dienone is 1. The normalized spacial score (nSPS) is 20.6. The van der Waals surface area contributed by atoms with Crippen molar-refractivity contribution in [1.29, 1.82) is 0 Å². The van der Waals surface area contributed by atoms with E-state index in [-0.39, 0.29) is 0 Å². The molecule has 1 atom stereocenters. The lowest BCUT2D eigenvalue weighted by Crippen LogP contribution is -2.33. The van der Waals surface area contributed by atoms with Crippen LogP contribution in [0.15, 0.2) is 54.6 Å². The Kier molecular flexibility index (Phi) is 2.90. The van der Waals surface area contributed by atoms with Gasteiger partial charge in [-0.15, -0.1) is 0 Å². The Morgan fingerprint density at radius 1 is 1.00 bits per heavy atom. The van der Waals surface area contributed by atoms with E-state index in [1.807, 2.05) is 6.07 Å². The molecule has 1 aliphatic rings. The molecule has 100 valence electrons. The number of ether oxygens (including phenoxy) is 1. The van der Waals surface area contributed by atoms with Crippen molar-refractivity contribution in [3.8, 4) is 5.75 Å². The van der Waals surface area contributed by atoms with Crippen LogP contribution in [0.3, 0.4) is 0 Å². The van der Waals surface area contributed by atoms with Gasteiger partial charge in [-0.05, 0) is 23.8 Å². The zero-order valence-corrected chi connectivity index (χ0v) is 11.0. The fourth-order valence-corrected chi connectivity index (χ4v) is 2.49. The second kappa shape index (κ2) is 4.60. The summed E-state index contributed by atoms with van der Waals surface area (Å²) in [5.41, 5.74) is -0.694. The molecule has 1 unspecified atom stereocenters. The molecule has 0 fully saturated rings. The van der Waals surface area contributed by atoms with Gasteiger partial charge in [-0.25, -0.2) is 4.39 Å². The zero-order chi connectivity index (χ0) is 14.2. The van der Waals surface area contributed by atoms with Gasteiger partial charge in [0.1, 0.15) is 5.75 Å². The summed E-state index contributed by atoms with van der Waals surface area (Å²) in [7, 11) is 1.55. The van der Waals surface area contributed by atoms with Crippen molar-refractivity contribution in [2.75, 3.05) is 7.11 Å². The van der Waals surface area contributed by atoms with Crippen molar-refractivity contribution in [2.24, 2.45) is 0 Å². The quantitative estimate of drug-likeness (QED) is 0.833. The van der Waals surface area contributed by atoms with Gasteiger partial charge in [0.25, 0.3) is 0 Å². The number of carbonyl (C=O) groups is 1. The van der Waals surface area contributed by atoms with Crippen LogP contribution in [0.4, 0.5) is 4.39 Å². The maximum absolute atomic E-state index is 15.5. The molecule has 1 aliphatic carbocycles. The van der Waals surface area contributed by atoms with Gasteiger partial charge in [0, 0.05) is 11.1 Å². The molecule has 2 aromatic carbocycles. The largest absolute Gasteiger partial charge is 0.497 e. The molecular formula is C17H13FO2. The van der Waals surface area contributed by atoms with Crippen molar-refractivity contribution in [1.82, 2.24) is 0 Å². The maximum Gasteiger partial charge on any atom is 0.223 e. The van der Waals surface area contributed by atoms with E-state index < -0.39 is 11.5 Å². The minimum atomic E-state index is -2.13. The predicted octanol–water partition coefficient (Wildman–Crippen LogP) is 3.50. The van der Waals surface area contributed by atoms with E-state index in [1.165, 1.54) is 6.08 Å². The summed E-state index contributed by atoms with van der Waals surface area (Å²) < 4.78 is 20.5. The Hall–Kier alpha value is -2.42. The number of ketones is 1. The summed E-state index contributed by atoms with van der Waals surface area (Å²) in [5.74, 6) is 0.0748. The van der Waals surface area contributed by atoms with E-state index in [0.29, 0.717) is 16.9 Å². The lowest BCUT2D eigenvalue weighted by Gasteiger charge is -2.28. The second-order valence-corrected chi connectivity index (χ2v) is 4.67. The number of benzene rings is 2. The summed E-state index contributed by atoms with van der Waals surface area (Å²) in [6, 6.07) is 13.5. The number of alkyl halides is 1. The summed E-state index contributed by atoms with van der Waals surface area (Å²) in [6.45, 7) is 0. The van der Waals surface area contributed by atoms with Crippen molar-refractivity contribution >= 4 is 11.9 Å². The van der Waals surface area contributed by atoms with Crippen LogP contribution in [0.2, 0.25) is 0 Å². The molecule has 2 aromatic rings. The predicted molar refractivity (Wildman–Crippen MR) is 75.4 cm³/mol. The minimum Gasteiger partial charge on any atom is -0.497 e. The highest BCUT2D eigenvalue weighted by Crippen LogP contribution is 2.40. The average Bonchev–Trinajstić information content (AvgIpc) is 2.51. The monoisotopic (exact) mass is 268 g/mol. The first-order valence-corrected chi connectivity index (χ1v) is 6.31. The molecule has 2 nitrogen and oxygen atoms in total. The molecule has 3 rings (SSSR count). The van der Waals surface area contributed by atoms with Crippen molar-refractivity contribution < 1.29 is 13.9 Å². The van der Waals surface area contributed by atoms with E-state index >= 15 is 4.39 Å². The first-order valence-electron chi connectivity index (χ1n) is 6.31. The van der Waals surface area contributed by atoms with E-state index in [4.69, 9.17) is 4.74 Å². The molecule has 0 N–H and O–H groups in total. The van der Waals surface area contributed by atoms with Crippen LogP contribution in [-0.2, 0) is 10.5 Å². The Labute approximate surface area is 116 Å². The van der Waals surface area contributed by atoms with Crippen LogP contribution in [0.1, 0.15) is 16.7 Å². The topological polar surface area (TPSA) is 26.3 Å². The van der Waals surface area contributed by atoms with Gasteiger partial charge in [-0.1, -0.05) is 42.5 Å². The highest BCUT2D eigenvalue weighted by molar-refractivity contribution is 6.06. The summed E-state index contributed by atoms with van der Waals surface area (Å²) in [4.78, 5) is 12.1. The van der Waals surface area contributed by atoms with Gasteiger partial charge in [-0.3, -0.25) is 4.79 Å². The Morgan fingerprint density at radius 3 is 2.40 bits per heavy atom. The Morgan fingerprint density at radius 2 is 1.70 bits per heavy atom. The Bertz CT molecular complexity index is 688. The molecule has 0 aromatic heterocycles. The van der Waals surface area contributed by atoms with Crippen LogP contribution < -0.4 is 4.74 Å². The van der Waals surface area contributed by atoms with Gasteiger partial charge >= 0.3 is 0 Å². The molecule has 0 heterocycles. The molecule has 20 heavy (non-hydrogen) atoms. The molecule has 0 aliphatic heterocycles. The summed E-state index contributed by atoms with van der Waals surface area (Å²) in [6.07, 6.45) is 2.95. The molecule has 0 radical (unpaired) electrons. The van der Waals surface area contributed by atoms with Crippen molar-refractivity contribution in [3.05, 3.63) is 71.3 Å². The summed E-state index contributed by atoms with van der Waals surface area (Å²) in [5, 5.41) is 0. The molecule has 0 saturated carbocycles. The van der Waals surface area contributed by atoms with Gasteiger partial charge in [0.15, 0.2) is 0 Å². The number of hydrogen-bond acceptors (Lipinski definition) is 2. The number of hydrogen-bond donors (Lipinski definition) is 0. The fraction of sp³-hybridized carbons (Fsp3) is 0.118. The SMILES string of the molecule is COc1ccc(C2(F)C(=O)C=Cc3ccccc32)cc1. The van der Waals surface area contributed by atoms with Crippen LogP contribution in [0.25, 0.3) is 6.08 Å². The van der Waals surface area contributed by atoms with E-state index in [2.05, 4.69) is 0 Å². The van der Waals surface area contributed by atoms with Crippen LogP contribution >= 0.6 is 0 Å². The number of methoxy groups -OCH3 is 1. The third-order valence-electron chi connectivity index (χ3n) is 3.57. The van der Waals surface area contributed by atoms with Crippen molar-refractivity contribution in [3.63, 3.8) is 0 Å². The number of rotatable bonds is 2. The van der Waals surface area contributed by atoms with Gasteiger partial charge in [0.05, 0.1) is 7.11 Å². The molecule has 0 spiro atoms. The van der Waals surface area contributed by atoms with Gasteiger partial charge in [-0.2, -0.15) is 0 Å². The van der Waals surface area contributed by atoms with Crippen LogP contribution in [-0.4, -0.2) is 12.9 Å². The molecular weight excluding hydrogens is 255 g/mol. The van der Waals surface area contributed by atoms with Crippen molar-refractivity contribution in [2.45, 2.75) is 5.67 Å². The number of carbonyl (C=O) groups excluding carboxylic acids is 1. The highest BCUT2D eigenvalue weighted by atomic mass is 19.1. The van der Waals surface area contributed by atoms with E-state index in [0.717, 1.165) is 5.56 Å². The lowest BCUT2D eigenvalue weighted by molar-refractivity contribution is -0.123. The summed E-state index contributed by atoms with van der Waals surface area (Å²) >= 11 is 0. The van der Waals surface area contributed by atoms with Gasteiger partial charge < -0.3 is 4.74 Å². The Balaban J connectivity index is 2.18. The molecule has 0 bridgehead atoms. The molecule has 3 heteroatoms. The first kappa shape index (κ1) is 12.6. The van der Waals surface area contributed by atoms with Crippen LogP contribution in [0, 0.1) is 0 Å². The number of halogens is 1. The van der Waals surface area contributed by atoms with E-state index in [1.54, 1.807) is 55.7 Å². The molecule has 0 amide bonds. The smallest absolute Gasteiger partial charge is 0.223 e. The average molecular weight is 268 g/mol. The zero-order valence-electron chi connectivity index (χ0n) is 11.0. The lowest BCUT2D eigenvalue weighted by atomic mass is 9.79. The molecule has 0 saturated heterocycles.